The Bertz CT molecular complexity index is 1480. The normalized spacial score (nSPS) is 13.2. The van der Waals surface area contributed by atoms with Crippen molar-refractivity contribution in [2.24, 2.45) is 0 Å². The highest BCUT2D eigenvalue weighted by Crippen LogP contribution is 2.13. The Labute approximate surface area is 411 Å². The molecule has 0 aromatic carbocycles. The zero-order valence-corrected chi connectivity index (χ0v) is 42.9. The summed E-state index contributed by atoms with van der Waals surface area (Å²) in [5.41, 5.74) is 0. The Balaban J connectivity index is 4.46. The Kier molecular flexibility index (Phi) is 50.6. The van der Waals surface area contributed by atoms with E-state index < -0.39 is 6.10 Å². The second-order valence-electron chi connectivity index (χ2n) is 17.0. The third kappa shape index (κ3) is 52.4. The van der Waals surface area contributed by atoms with E-state index in [-0.39, 0.29) is 37.5 Å². The van der Waals surface area contributed by atoms with Gasteiger partial charge in [-0.15, -0.1) is 0 Å². The highest BCUT2D eigenvalue weighted by molar-refractivity contribution is 5.71. The van der Waals surface area contributed by atoms with Crippen LogP contribution in [-0.2, 0) is 28.6 Å². The van der Waals surface area contributed by atoms with Gasteiger partial charge in [-0.25, -0.2) is 0 Å². The maximum absolute atomic E-state index is 12.8. The molecule has 0 aromatic heterocycles. The Morgan fingerprint density at radius 3 is 0.955 bits per heavy atom. The summed E-state index contributed by atoms with van der Waals surface area (Å²) >= 11 is 0. The van der Waals surface area contributed by atoms with Gasteiger partial charge in [0, 0.05) is 19.3 Å². The van der Waals surface area contributed by atoms with Crippen molar-refractivity contribution in [1.29, 1.82) is 0 Å². The van der Waals surface area contributed by atoms with Crippen molar-refractivity contribution in [2.75, 3.05) is 13.2 Å². The van der Waals surface area contributed by atoms with Gasteiger partial charge in [-0.3, -0.25) is 14.4 Å². The van der Waals surface area contributed by atoms with E-state index >= 15 is 0 Å². The Hall–Kier alpha value is -4.45. The summed E-state index contributed by atoms with van der Waals surface area (Å²) in [6.45, 7) is 6.30. The van der Waals surface area contributed by atoms with Gasteiger partial charge in [0.1, 0.15) is 13.2 Å². The second-order valence-corrected chi connectivity index (χ2v) is 17.0. The number of hydrogen-bond acceptors (Lipinski definition) is 6. The highest BCUT2D eigenvalue weighted by Gasteiger charge is 2.19. The minimum Gasteiger partial charge on any atom is -0.462 e. The van der Waals surface area contributed by atoms with Crippen molar-refractivity contribution in [1.82, 2.24) is 0 Å². The van der Waals surface area contributed by atoms with Crippen molar-refractivity contribution in [3.8, 4) is 0 Å². The van der Waals surface area contributed by atoms with Crippen LogP contribution in [0.25, 0.3) is 0 Å². The van der Waals surface area contributed by atoms with E-state index in [4.69, 9.17) is 14.2 Å². The third-order valence-electron chi connectivity index (χ3n) is 10.7. The minimum atomic E-state index is -0.821. The monoisotopic (exact) mass is 925 g/mol. The fraction of sp³-hybridized carbons (Fsp3) is 0.590. The molecule has 0 amide bonds. The van der Waals surface area contributed by atoms with E-state index in [2.05, 4.69) is 154 Å². The van der Waals surface area contributed by atoms with Gasteiger partial charge in [0.25, 0.3) is 0 Å². The summed E-state index contributed by atoms with van der Waals surface area (Å²) in [4.78, 5) is 37.9. The molecule has 0 N–H and O–H groups in total. The molecular weight excluding hydrogens is 829 g/mol. The van der Waals surface area contributed by atoms with Crippen LogP contribution in [0.2, 0.25) is 0 Å². The lowest BCUT2D eigenvalue weighted by molar-refractivity contribution is -0.167. The summed E-state index contributed by atoms with van der Waals surface area (Å²) in [5.74, 6) is -1.01. The maximum atomic E-state index is 12.8. The molecule has 0 fully saturated rings. The van der Waals surface area contributed by atoms with Gasteiger partial charge in [0.15, 0.2) is 6.10 Å². The number of esters is 3. The molecule has 0 heterocycles. The Morgan fingerprint density at radius 1 is 0.313 bits per heavy atom. The van der Waals surface area contributed by atoms with E-state index in [0.29, 0.717) is 19.3 Å². The fourth-order valence-corrected chi connectivity index (χ4v) is 6.71. The minimum absolute atomic E-state index is 0.112. The first-order valence-corrected chi connectivity index (χ1v) is 26.7. The second kappa shape index (κ2) is 54.2. The molecule has 376 valence electrons. The van der Waals surface area contributed by atoms with E-state index in [1.807, 2.05) is 0 Å². The summed E-state index contributed by atoms with van der Waals surface area (Å²) in [5, 5.41) is 0. The third-order valence-corrected chi connectivity index (χ3v) is 10.7. The molecular formula is C61H96O6. The molecule has 0 saturated heterocycles. The molecule has 0 radical (unpaired) electrons. The number of carbonyl (C=O) groups excluding carboxylic acids is 3. The molecule has 0 aliphatic heterocycles. The molecule has 0 bridgehead atoms. The molecule has 0 saturated carbocycles. The lowest BCUT2D eigenvalue weighted by Gasteiger charge is -2.18. The molecule has 0 aliphatic rings. The van der Waals surface area contributed by atoms with Crippen LogP contribution in [-0.4, -0.2) is 37.2 Å². The average Bonchev–Trinajstić information content (AvgIpc) is 3.33. The van der Waals surface area contributed by atoms with Crippen LogP contribution in [0.3, 0.4) is 0 Å². The molecule has 1 unspecified atom stereocenters. The first-order chi connectivity index (χ1) is 33.0. The van der Waals surface area contributed by atoms with Gasteiger partial charge in [0.05, 0.1) is 0 Å². The molecule has 6 nitrogen and oxygen atoms in total. The van der Waals surface area contributed by atoms with Crippen LogP contribution < -0.4 is 0 Å². The number of hydrogen-bond donors (Lipinski definition) is 0. The predicted molar refractivity (Wildman–Crippen MR) is 288 cm³/mol. The van der Waals surface area contributed by atoms with Crippen LogP contribution in [0.1, 0.15) is 213 Å². The zero-order valence-electron chi connectivity index (χ0n) is 42.9. The van der Waals surface area contributed by atoms with Gasteiger partial charge >= 0.3 is 17.9 Å². The predicted octanol–water partition coefficient (Wildman–Crippen LogP) is 17.9. The van der Waals surface area contributed by atoms with E-state index in [1.165, 1.54) is 38.5 Å². The number of ether oxygens (including phenoxy) is 3. The standard InChI is InChI=1S/C61H96O6/c1-4-7-10-13-16-19-21-23-25-27-28-29-30-31-32-34-35-37-39-42-45-48-51-54-60(63)66-57-58(56-65-59(62)53-50-47-44-41-18-15-12-9-6-3)67-61(64)55-52-49-46-43-40-38-36-33-26-24-22-20-17-14-11-8-5-2/h7-8,10-11,16-17,19-20,23-26,28-29,31-32,35-38,43,46,58H,4-6,9,12-15,18,21-22,27,30,33-34,39-42,44-45,47-57H2,1-3H3/b10-7-,11-8-,19-16-,20-17-,25-23-,26-24-,29-28-,32-31-,37-35-,38-36-,46-43-. The Morgan fingerprint density at radius 2 is 0.597 bits per heavy atom. The zero-order chi connectivity index (χ0) is 48.6. The molecule has 0 rings (SSSR count). The van der Waals surface area contributed by atoms with Crippen molar-refractivity contribution < 1.29 is 28.6 Å². The van der Waals surface area contributed by atoms with Gasteiger partial charge in [0.2, 0.25) is 0 Å². The quantitative estimate of drug-likeness (QED) is 0.0262. The van der Waals surface area contributed by atoms with Crippen LogP contribution >= 0.6 is 0 Å². The number of unbranched alkanes of at least 4 members (excludes halogenated alkanes) is 13. The lowest BCUT2D eigenvalue weighted by Crippen LogP contribution is -2.30. The summed E-state index contributed by atoms with van der Waals surface area (Å²) < 4.78 is 16.7. The van der Waals surface area contributed by atoms with Crippen molar-refractivity contribution in [3.63, 3.8) is 0 Å². The number of rotatable bonds is 46. The van der Waals surface area contributed by atoms with Gasteiger partial charge in [-0.2, -0.15) is 0 Å². The first kappa shape index (κ1) is 62.5. The summed E-state index contributed by atoms with van der Waals surface area (Å²) in [6.07, 6.45) is 75.9. The largest absolute Gasteiger partial charge is 0.462 e. The van der Waals surface area contributed by atoms with Crippen LogP contribution in [0.15, 0.2) is 134 Å². The van der Waals surface area contributed by atoms with Crippen molar-refractivity contribution in [3.05, 3.63) is 134 Å². The average molecular weight is 925 g/mol. The molecule has 0 aromatic rings. The van der Waals surface area contributed by atoms with Gasteiger partial charge in [-0.1, -0.05) is 219 Å². The van der Waals surface area contributed by atoms with E-state index in [1.54, 1.807) is 0 Å². The number of carbonyl (C=O) groups is 3. The van der Waals surface area contributed by atoms with Gasteiger partial charge in [-0.05, 0) is 109 Å². The highest BCUT2D eigenvalue weighted by atomic mass is 16.6. The van der Waals surface area contributed by atoms with E-state index in [9.17, 15) is 14.4 Å². The van der Waals surface area contributed by atoms with Crippen molar-refractivity contribution in [2.45, 2.75) is 219 Å². The van der Waals surface area contributed by atoms with Crippen LogP contribution in [0, 0.1) is 0 Å². The molecule has 1 atom stereocenters. The SMILES string of the molecule is CC/C=C\C/C=C\C/C=C\C/C=C\C/C=C\C/C=C\CCCCCCC(=O)OCC(COC(=O)CCCCCCCCCCC)OC(=O)CCC/C=C\C/C=C\C/C=C\C/C=C\C/C=C\CC. The summed E-state index contributed by atoms with van der Waals surface area (Å²) in [6, 6.07) is 0. The molecule has 6 heteroatoms. The van der Waals surface area contributed by atoms with E-state index in [0.717, 1.165) is 128 Å². The molecule has 0 spiro atoms. The van der Waals surface area contributed by atoms with Gasteiger partial charge < -0.3 is 14.2 Å². The van der Waals surface area contributed by atoms with Crippen LogP contribution in [0.4, 0.5) is 0 Å². The topological polar surface area (TPSA) is 78.9 Å². The van der Waals surface area contributed by atoms with Crippen LogP contribution in [0.5, 0.6) is 0 Å². The first-order valence-electron chi connectivity index (χ1n) is 26.7. The maximum Gasteiger partial charge on any atom is 0.306 e. The summed E-state index contributed by atoms with van der Waals surface area (Å²) in [7, 11) is 0. The number of allylic oxidation sites excluding steroid dienone is 22. The lowest BCUT2D eigenvalue weighted by atomic mass is 10.1. The molecule has 67 heavy (non-hydrogen) atoms. The van der Waals surface area contributed by atoms with Crippen molar-refractivity contribution >= 4 is 17.9 Å². The molecule has 0 aliphatic carbocycles. The fourth-order valence-electron chi connectivity index (χ4n) is 6.71. The smallest absolute Gasteiger partial charge is 0.306 e.